The summed E-state index contributed by atoms with van der Waals surface area (Å²) in [5, 5.41) is 5.86. The smallest absolute Gasteiger partial charge is 1.00 e. The average molecular weight is 1350 g/mol. The summed E-state index contributed by atoms with van der Waals surface area (Å²) in [5.41, 5.74) is 4.39. The number of hydrogen-bond donors (Lipinski definition) is 2. The molecule has 0 aliphatic rings. The minimum absolute atomic E-state index is 0. The molecule has 0 atom stereocenters. The van der Waals surface area contributed by atoms with Crippen molar-refractivity contribution in [2.45, 2.75) is 0 Å². The molecule has 3 N–H and O–H groups in total. The minimum atomic E-state index is 0. The van der Waals surface area contributed by atoms with E-state index in [0.717, 1.165) is 6.34 Å². The summed E-state index contributed by atoms with van der Waals surface area (Å²) in [5.74, 6) is 0. The zero-order valence-electron chi connectivity index (χ0n) is 6.39. The van der Waals surface area contributed by atoms with E-state index in [0.29, 0.717) is 0 Å². The minimum Gasteiger partial charge on any atom is -1.00 e. The van der Waals surface area contributed by atoms with Gasteiger partial charge in [-0.15, -0.1) is 0 Å². The van der Waals surface area contributed by atoms with Gasteiger partial charge < -0.3 is 198 Å². The van der Waals surface area contributed by atoms with Crippen LogP contribution in [0.25, 0.3) is 0 Å². The van der Waals surface area contributed by atoms with E-state index in [9.17, 15) is 0 Å². The van der Waals surface area contributed by atoms with Crippen LogP contribution in [0.15, 0.2) is 0 Å². The quantitative estimate of drug-likeness (QED) is 0.108. The van der Waals surface area contributed by atoms with Gasteiger partial charge in [-0.1, -0.05) is 0 Å². The van der Waals surface area contributed by atoms with Crippen molar-refractivity contribution in [1.82, 2.24) is 0 Å². The van der Waals surface area contributed by atoms with E-state index in [-0.39, 0.29) is 279 Å². The zero-order chi connectivity index (χ0) is 2.71. The molecular formula is CH4CaI8N2PbTi. The number of nitrogens with one attached hydrogen (secondary N) is 1. The molecule has 0 aromatic heterocycles. The summed E-state index contributed by atoms with van der Waals surface area (Å²) in [6.45, 7) is 0. The third-order valence-corrected chi connectivity index (χ3v) is 0. The molecular weight excluding hydrogens is 1350 g/mol. The molecule has 0 amide bonds. The molecule has 0 rings (SSSR count). The second kappa shape index (κ2) is 102. The monoisotopic (exact) mass is 1360 g/mol. The molecule has 0 aliphatic carbocycles. The van der Waals surface area contributed by atoms with E-state index in [1.165, 1.54) is 0 Å². The fraction of sp³-hybridized carbons (Fsp3) is 0. The van der Waals surface area contributed by atoms with Crippen molar-refractivity contribution in [2.24, 2.45) is 5.73 Å². The Morgan fingerprint density at radius 1 is 0.714 bits per heavy atom. The number of hydrogen-bond acceptors (Lipinski definition) is 1. The van der Waals surface area contributed by atoms with Crippen LogP contribution >= 0.6 is 0 Å². The SMILES string of the molecule is N=CN.[Ca+2].[I-].[I-].[I-].[I-].[I-].[I-].[I-].[I-].[Pb+2].[Ti+4]. The summed E-state index contributed by atoms with van der Waals surface area (Å²) >= 11 is 0. The third kappa shape index (κ3) is 111. The van der Waals surface area contributed by atoms with Gasteiger partial charge in [0.05, 0.1) is 6.34 Å². The second-order valence-corrected chi connectivity index (χ2v) is 0.167. The Morgan fingerprint density at radius 3 is 0.714 bits per heavy atom. The van der Waals surface area contributed by atoms with Crippen LogP contribution in [-0.2, 0) is 21.7 Å². The molecule has 0 aromatic rings. The number of halogens is 8. The van der Waals surface area contributed by atoms with Crippen molar-refractivity contribution < 1.29 is 214 Å². The normalized spacial score (nSPS) is 0.857. The molecule has 0 saturated carbocycles. The summed E-state index contributed by atoms with van der Waals surface area (Å²) in [7, 11) is 0. The van der Waals surface area contributed by atoms with Crippen LogP contribution in [0.3, 0.4) is 0 Å². The maximum Gasteiger partial charge on any atom is 4.00 e. The van der Waals surface area contributed by atoms with Gasteiger partial charge in [0.15, 0.2) is 0 Å². The number of rotatable bonds is 0. The summed E-state index contributed by atoms with van der Waals surface area (Å²) in [4.78, 5) is 0. The van der Waals surface area contributed by atoms with Gasteiger partial charge in [0, 0.05) is 0 Å². The van der Waals surface area contributed by atoms with Crippen LogP contribution in [0, 0.1) is 5.41 Å². The van der Waals surface area contributed by atoms with Crippen molar-refractivity contribution in [2.75, 3.05) is 0 Å². The van der Waals surface area contributed by atoms with Crippen molar-refractivity contribution in [1.29, 1.82) is 5.41 Å². The first kappa shape index (κ1) is 95.9. The molecule has 84 valence electrons. The Hall–Kier alpha value is 8.21. The zero-order valence-corrected chi connectivity index (χ0v) is 31.3. The first-order chi connectivity index (χ1) is 1.41. The largest absolute Gasteiger partial charge is 4.00 e. The third-order valence-electron chi connectivity index (χ3n) is 0. The van der Waals surface area contributed by atoms with Gasteiger partial charge in [-0.05, 0) is 0 Å². The summed E-state index contributed by atoms with van der Waals surface area (Å²) in [6, 6.07) is 0. The molecule has 0 aromatic carbocycles. The molecule has 0 aliphatic heterocycles. The van der Waals surface area contributed by atoms with Crippen LogP contribution in [0.1, 0.15) is 0 Å². The predicted molar refractivity (Wildman–Crippen MR) is 24.5 cm³/mol. The molecule has 14 heavy (non-hydrogen) atoms. The maximum atomic E-state index is 5.86. The topological polar surface area (TPSA) is 49.9 Å². The molecule has 13 heteroatoms. The summed E-state index contributed by atoms with van der Waals surface area (Å²) < 4.78 is 0. The van der Waals surface area contributed by atoms with E-state index in [1.54, 1.807) is 0 Å². The van der Waals surface area contributed by atoms with Gasteiger partial charge in [-0.25, -0.2) is 0 Å². The average Bonchev–Trinajstić information content (AvgIpc) is 0.918. The molecule has 0 unspecified atom stereocenters. The molecule has 0 saturated heterocycles. The van der Waals surface area contributed by atoms with Gasteiger partial charge in [-0.3, -0.25) is 5.41 Å². The molecule has 0 heterocycles. The van der Waals surface area contributed by atoms with Crippen LogP contribution in [0.4, 0.5) is 0 Å². The molecule has 0 spiro atoms. The summed E-state index contributed by atoms with van der Waals surface area (Å²) in [6.07, 6.45) is 0.750. The Bertz CT molecular complexity index is 34.8. The van der Waals surface area contributed by atoms with Gasteiger partial charge in [-0.2, -0.15) is 0 Å². The fourth-order valence-corrected chi connectivity index (χ4v) is 0. The van der Waals surface area contributed by atoms with Crippen molar-refractivity contribution in [3.05, 3.63) is 0 Å². The number of nitrogens with two attached hydrogens (primary N) is 1. The van der Waals surface area contributed by atoms with E-state index >= 15 is 0 Å². The van der Waals surface area contributed by atoms with Crippen LogP contribution in [0.5, 0.6) is 0 Å². The van der Waals surface area contributed by atoms with Gasteiger partial charge in [0.2, 0.25) is 0 Å². The van der Waals surface area contributed by atoms with Crippen LogP contribution < -0.4 is 198 Å². The van der Waals surface area contributed by atoms with Crippen molar-refractivity contribution >= 4 is 71.4 Å². The Morgan fingerprint density at radius 2 is 0.714 bits per heavy atom. The van der Waals surface area contributed by atoms with E-state index < -0.39 is 0 Å². The Labute approximate surface area is 287 Å². The molecule has 2 nitrogen and oxygen atoms in total. The van der Waals surface area contributed by atoms with Gasteiger partial charge in [0.25, 0.3) is 0 Å². The van der Waals surface area contributed by atoms with Crippen molar-refractivity contribution in [3.8, 4) is 0 Å². The van der Waals surface area contributed by atoms with Crippen molar-refractivity contribution in [3.63, 3.8) is 0 Å². The van der Waals surface area contributed by atoms with Crippen LogP contribution in [0.2, 0.25) is 0 Å². The van der Waals surface area contributed by atoms with Gasteiger partial charge >= 0.3 is 86.8 Å². The predicted octanol–water partition coefficient (Wildman–Crippen LogP) is -25.2. The first-order valence-corrected chi connectivity index (χ1v) is 0.622. The van der Waals surface area contributed by atoms with Gasteiger partial charge in [0.1, 0.15) is 0 Å². The molecule has 2 radical (unpaired) electrons. The standard InChI is InChI=1S/CH4N2.Ca.8HI.Pb.Ti/c2-1-3;;;;;;;;;;;/h1H,(H3,2,3);;8*1H;;/q;+2;;;;;;;;;+2;+4/p-8. The maximum absolute atomic E-state index is 5.86. The fourth-order valence-electron chi connectivity index (χ4n) is 0. The van der Waals surface area contributed by atoms with E-state index in [1.807, 2.05) is 0 Å². The first-order valence-electron chi connectivity index (χ1n) is 0.622. The Balaban J connectivity index is -0.000000000364. The van der Waals surface area contributed by atoms with Crippen LogP contribution in [-0.4, -0.2) is 71.4 Å². The second-order valence-electron chi connectivity index (χ2n) is 0.167. The van der Waals surface area contributed by atoms with E-state index in [2.05, 4.69) is 5.73 Å². The molecule has 0 bridgehead atoms. The molecule has 0 fully saturated rings. The Kier molecular flexibility index (Phi) is 700. The van der Waals surface area contributed by atoms with E-state index in [4.69, 9.17) is 5.41 Å².